The van der Waals surface area contributed by atoms with E-state index >= 15 is 0 Å². The molecule has 0 bridgehead atoms. The molecule has 7 heteroatoms. The second kappa shape index (κ2) is 7.56. The fourth-order valence-electron chi connectivity index (χ4n) is 3.13. The first kappa shape index (κ1) is 19.2. The van der Waals surface area contributed by atoms with Crippen molar-refractivity contribution in [3.63, 3.8) is 0 Å². The first-order valence-corrected chi connectivity index (χ1v) is 8.73. The van der Waals surface area contributed by atoms with Gasteiger partial charge < -0.3 is 20.6 Å². The highest BCUT2D eigenvalue weighted by molar-refractivity contribution is 6.03. The van der Waals surface area contributed by atoms with Crippen molar-refractivity contribution < 1.29 is 19.1 Å². The minimum absolute atomic E-state index is 0.0290. The van der Waals surface area contributed by atoms with Crippen LogP contribution < -0.4 is 16.7 Å². The van der Waals surface area contributed by atoms with Gasteiger partial charge in [-0.3, -0.25) is 9.59 Å². The van der Waals surface area contributed by atoms with E-state index in [1.54, 1.807) is 44.2 Å². The Kier molecular flexibility index (Phi) is 5.17. The smallest absolute Gasteiger partial charge is 0.339 e. The van der Waals surface area contributed by atoms with Crippen LogP contribution in [0.1, 0.15) is 33.5 Å². The Morgan fingerprint density at radius 3 is 2.54 bits per heavy atom. The number of para-hydroxylation sites is 1. The van der Waals surface area contributed by atoms with Gasteiger partial charge in [-0.1, -0.05) is 12.1 Å². The minimum atomic E-state index is -0.638. The standard InChI is InChI=1S/C21H20N2O5/c1-11-13-7-9-17(24)12(2)19(13)28-21(27)14(11)8-10-18(25)23-16-6-4-3-5-15(16)20(22)26/h3-7,9,24H,8,10H2,1-2H3,(H2,22,26)(H,23,25). The number of fused-ring (bicyclic) bond motifs is 1. The Labute approximate surface area is 160 Å². The second-order valence-electron chi connectivity index (χ2n) is 6.54. The van der Waals surface area contributed by atoms with Gasteiger partial charge in [-0.2, -0.15) is 0 Å². The Hall–Kier alpha value is -3.61. The van der Waals surface area contributed by atoms with E-state index in [1.807, 2.05) is 0 Å². The number of phenols is 1. The fraction of sp³-hybridized carbons (Fsp3) is 0.190. The number of hydrogen-bond donors (Lipinski definition) is 3. The number of phenolic OH excluding ortho intramolecular Hbond substituents is 1. The van der Waals surface area contributed by atoms with Gasteiger partial charge >= 0.3 is 5.63 Å². The van der Waals surface area contributed by atoms with E-state index in [4.69, 9.17) is 10.2 Å². The summed E-state index contributed by atoms with van der Waals surface area (Å²) in [5.41, 5.74) is 7.25. The molecule has 2 aromatic carbocycles. The molecule has 1 aromatic heterocycles. The maximum atomic E-state index is 12.4. The van der Waals surface area contributed by atoms with Crippen molar-refractivity contribution in [1.29, 1.82) is 0 Å². The zero-order valence-electron chi connectivity index (χ0n) is 15.5. The molecule has 0 aliphatic heterocycles. The van der Waals surface area contributed by atoms with Crippen molar-refractivity contribution in [3.05, 3.63) is 69.1 Å². The molecule has 4 N–H and O–H groups in total. The number of aryl methyl sites for hydroxylation is 2. The summed E-state index contributed by atoms with van der Waals surface area (Å²) in [6.07, 6.45) is 0.204. The highest BCUT2D eigenvalue weighted by Crippen LogP contribution is 2.28. The molecule has 7 nitrogen and oxygen atoms in total. The van der Waals surface area contributed by atoms with Gasteiger partial charge in [0, 0.05) is 22.9 Å². The lowest BCUT2D eigenvalue weighted by atomic mass is 10.00. The molecule has 2 amide bonds. The summed E-state index contributed by atoms with van der Waals surface area (Å²) in [6.45, 7) is 3.45. The zero-order chi connectivity index (χ0) is 20.4. The third kappa shape index (κ3) is 3.59. The highest BCUT2D eigenvalue weighted by Gasteiger charge is 2.16. The lowest BCUT2D eigenvalue weighted by molar-refractivity contribution is -0.116. The molecule has 28 heavy (non-hydrogen) atoms. The average Bonchev–Trinajstić information content (AvgIpc) is 2.65. The van der Waals surface area contributed by atoms with Crippen LogP contribution in [0.15, 0.2) is 45.6 Å². The summed E-state index contributed by atoms with van der Waals surface area (Å²) in [5, 5.41) is 13.2. The van der Waals surface area contributed by atoms with Gasteiger partial charge in [-0.15, -0.1) is 0 Å². The number of anilines is 1. The van der Waals surface area contributed by atoms with Crippen LogP contribution in [0.25, 0.3) is 11.0 Å². The van der Waals surface area contributed by atoms with E-state index in [9.17, 15) is 19.5 Å². The van der Waals surface area contributed by atoms with E-state index in [1.165, 1.54) is 6.07 Å². The maximum Gasteiger partial charge on any atom is 0.339 e. The van der Waals surface area contributed by atoms with Crippen LogP contribution in [0.2, 0.25) is 0 Å². The third-order valence-electron chi connectivity index (χ3n) is 4.74. The van der Waals surface area contributed by atoms with Crippen molar-refractivity contribution in [2.24, 2.45) is 5.73 Å². The first-order chi connectivity index (χ1) is 13.3. The quantitative estimate of drug-likeness (QED) is 0.588. The lowest BCUT2D eigenvalue weighted by Gasteiger charge is -2.11. The Bertz CT molecular complexity index is 1150. The Morgan fingerprint density at radius 1 is 1.11 bits per heavy atom. The van der Waals surface area contributed by atoms with E-state index < -0.39 is 11.5 Å². The number of primary amides is 1. The van der Waals surface area contributed by atoms with E-state index in [0.717, 1.165) is 0 Å². The Balaban J connectivity index is 1.83. The van der Waals surface area contributed by atoms with Crippen molar-refractivity contribution in [3.8, 4) is 5.75 Å². The van der Waals surface area contributed by atoms with Crippen molar-refractivity contribution in [1.82, 2.24) is 0 Å². The van der Waals surface area contributed by atoms with Gasteiger partial charge in [-0.25, -0.2) is 4.79 Å². The fourth-order valence-corrected chi connectivity index (χ4v) is 3.13. The number of rotatable bonds is 5. The number of aromatic hydroxyl groups is 1. The summed E-state index contributed by atoms with van der Waals surface area (Å²) in [6, 6.07) is 9.67. The van der Waals surface area contributed by atoms with Gasteiger partial charge in [0.2, 0.25) is 5.91 Å². The van der Waals surface area contributed by atoms with Crippen LogP contribution >= 0.6 is 0 Å². The molecule has 3 aromatic rings. The predicted octanol–water partition coefficient (Wildman–Crippen LogP) is 2.79. The summed E-state index contributed by atoms with van der Waals surface area (Å²) < 4.78 is 5.38. The van der Waals surface area contributed by atoms with Crippen LogP contribution in [0, 0.1) is 13.8 Å². The number of amides is 2. The van der Waals surface area contributed by atoms with Crippen molar-refractivity contribution in [2.45, 2.75) is 26.7 Å². The molecule has 0 unspecified atom stereocenters. The van der Waals surface area contributed by atoms with Gasteiger partial charge in [0.15, 0.2) is 0 Å². The summed E-state index contributed by atoms with van der Waals surface area (Å²) in [7, 11) is 0. The summed E-state index contributed by atoms with van der Waals surface area (Å²) in [4.78, 5) is 36.2. The summed E-state index contributed by atoms with van der Waals surface area (Å²) >= 11 is 0. The van der Waals surface area contributed by atoms with Crippen molar-refractivity contribution in [2.75, 3.05) is 5.32 Å². The number of benzene rings is 2. The van der Waals surface area contributed by atoms with Crippen molar-refractivity contribution >= 4 is 28.5 Å². The zero-order valence-corrected chi connectivity index (χ0v) is 15.5. The maximum absolute atomic E-state index is 12.4. The van der Waals surface area contributed by atoms with Gasteiger partial charge in [0.05, 0.1) is 11.3 Å². The number of carbonyl (C=O) groups is 2. The number of carbonyl (C=O) groups excluding carboxylic acids is 2. The van der Waals surface area contributed by atoms with Crippen LogP contribution in [-0.2, 0) is 11.2 Å². The summed E-state index contributed by atoms with van der Waals surface area (Å²) in [5.74, 6) is -0.940. The number of nitrogens with two attached hydrogens (primary N) is 1. The monoisotopic (exact) mass is 380 g/mol. The average molecular weight is 380 g/mol. The van der Waals surface area contributed by atoms with E-state index in [2.05, 4.69) is 5.32 Å². The molecule has 0 radical (unpaired) electrons. The molecule has 0 fully saturated rings. The van der Waals surface area contributed by atoms with Gasteiger partial charge in [-0.05, 0) is 50.1 Å². The molecule has 0 aliphatic carbocycles. The van der Waals surface area contributed by atoms with Gasteiger partial charge in [0.1, 0.15) is 11.3 Å². The predicted molar refractivity (Wildman–Crippen MR) is 106 cm³/mol. The van der Waals surface area contributed by atoms with E-state index in [0.29, 0.717) is 33.3 Å². The first-order valence-electron chi connectivity index (χ1n) is 8.73. The van der Waals surface area contributed by atoms with Crippen LogP contribution in [-0.4, -0.2) is 16.9 Å². The highest BCUT2D eigenvalue weighted by atomic mass is 16.4. The molecule has 144 valence electrons. The molecule has 0 spiro atoms. The Morgan fingerprint density at radius 2 is 1.82 bits per heavy atom. The van der Waals surface area contributed by atoms with Crippen LogP contribution in [0.5, 0.6) is 5.75 Å². The third-order valence-corrected chi connectivity index (χ3v) is 4.74. The molecular weight excluding hydrogens is 360 g/mol. The molecule has 1 heterocycles. The molecule has 3 rings (SSSR count). The molecular formula is C21H20N2O5. The normalized spacial score (nSPS) is 10.8. The lowest BCUT2D eigenvalue weighted by Crippen LogP contribution is -2.19. The van der Waals surface area contributed by atoms with Crippen LogP contribution in [0.4, 0.5) is 5.69 Å². The molecule has 0 saturated carbocycles. The molecule has 0 saturated heterocycles. The minimum Gasteiger partial charge on any atom is -0.508 e. The van der Waals surface area contributed by atoms with Gasteiger partial charge in [0.25, 0.3) is 5.91 Å². The topological polar surface area (TPSA) is 123 Å². The number of nitrogens with one attached hydrogen (secondary N) is 1. The SMILES string of the molecule is Cc1c(CCC(=O)Nc2ccccc2C(N)=O)c(=O)oc2c(C)c(O)ccc12. The largest absolute Gasteiger partial charge is 0.508 e. The molecule has 0 atom stereocenters. The molecule has 0 aliphatic rings. The van der Waals surface area contributed by atoms with E-state index in [-0.39, 0.29) is 30.1 Å². The number of hydrogen-bond acceptors (Lipinski definition) is 5. The van der Waals surface area contributed by atoms with Crippen LogP contribution in [0.3, 0.4) is 0 Å². The second-order valence-corrected chi connectivity index (χ2v) is 6.54.